The maximum absolute atomic E-state index is 14.8. The van der Waals surface area contributed by atoms with E-state index in [4.69, 9.17) is 16.3 Å². The van der Waals surface area contributed by atoms with E-state index in [9.17, 15) is 14.3 Å². The Kier molecular flexibility index (Phi) is 9.55. The Morgan fingerprint density at radius 2 is 1.95 bits per heavy atom. The highest BCUT2D eigenvalue weighted by molar-refractivity contribution is 6.30. The molecule has 0 radical (unpaired) electrons. The summed E-state index contributed by atoms with van der Waals surface area (Å²) in [4.78, 5) is 26.4. The molecule has 2 N–H and O–H groups in total. The van der Waals surface area contributed by atoms with E-state index in [1.807, 2.05) is 13.0 Å². The molecule has 9 nitrogen and oxygen atoms in total. The third-order valence-corrected chi connectivity index (χ3v) is 7.01. The predicted molar refractivity (Wildman–Crippen MR) is 151 cm³/mol. The van der Waals surface area contributed by atoms with Gasteiger partial charge in [-0.25, -0.2) is 14.2 Å². The molecule has 0 spiro atoms. The van der Waals surface area contributed by atoms with Gasteiger partial charge in [-0.1, -0.05) is 17.7 Å². The summed E-state index contributed by atoms with van der Waals surface area (Å²) in [7, 11) is 0. The monoisotopic (exact) mass is 556 g/mol. The van der Waals surface area contributed by atoms with E-state index in [2.05, 4.69) is 38.9 Å². The Morgan fingerprint density at radius 1 is 1.18 bits per heavy atom. The van der Waals surface area contributed by atoms with Gasteiger partial charge in [0.25, 0.3) is 0 Å². The molecule has 208 valence electrons. The van der Waals surface area contributed by atoms with Gasteiger partial charge in [-0.3, -0.25) is 14.7 Å². The molecule has 0 saturated carbocycles. The van der Waals surface area contributed by atoms with Gasteiger partial charge in [-0.2, -0.15) is 4.98 Å². The summed E-state index contributed by atoms with van der Waals surface area (Å²) in [5, 5.41) is 13.3. The van der Waals surface area contributed by atoms with E-state index < -0.39 is 11.9 Å². The molecule has 4 rings (SSSR count). The van der Waals surface area contributed by atoms with Gasteiger partial charge in [0.05, 0.1) is 6.54 Å². The molecule has 2 aromatic carbocycles. The average molecular weight is 557 g/mol. The first-order valence-corrected chi connectivity index (χ1v) is 13.3. The molecule has 0 atom stereocenters. The molecule has 0 aliphatic carbocycles. The van der Waals surface area contributed by atoms with Crippen LogP contribution in [0.25, 0.3) is 0 Å². The van der Waals surface area contributed by atoms with Gasteiger partial charge >= 0.3 is 6.09 Å². The third-order valence-electron chi connectivity index (χ3n) is 6.78. The lowest BCUT2D eigenvalue weighted by atomic mass is 10.1. The zero-order valence-corrected chi connectivity index (χ0v) is 23.2. The molecule has 3 aromatic rings. The van der Waals surface area contributed by atoms with Crippen molar-refractivity contribution >= 4 is 35.1 Å². The van der Waals surface area contributed by atoms with Gasteiger partial charge in [0.15, 0.2) is 11.6 Å². The number of amides is 1. The molecule has 0 unspecified atom stereocenters. The number of hydrogen-bond acceptors (Lipinski definition) is 7. The minimum absolute atomic E-state index is 0.0618. The highest BCUT2D eigenvalue weighted by atomic mass is 35.5. The van der Waals surface area contributed by atoms with E-state index in [-0.39, 0.29) is 24.1 Å². The number of carbonyl (C=O) groups is 1. The molecule has 11 heteroatoms. The molecule has 1 amide bonds. The highest BCUT2D eigenvalue weighted by Gasteiger charge is 2.20. The normalized spacial score (nSPS) is 14.4. The number of aryl methyl sites for hydroxylation is 1. The van der Waals surface area contributed by atoms with Gasteiger partial charge < -0.3 is 15.2 Å². The van der Waals surface area contributed by atoms with Crippen molar-refractivity contribution in [3.8, 4) is 5.75 Å². The maximum Gasteiger partial charge on any atom is 0.413 e. The largest absolute Gasteiger partial charge is 0.489 e. The molecule has 2 heterocycles. The van der Waals surface area contributed by atoms with E-state index in [0.717, 1.165) is 48.8 Å². The number of rotatable bonds is 10. The van der Waals surface area contributed by atoms with Crippen LogP contribution < -0.4 is 15.0 Å². The van der Waals surface area contributed by atoms with Crippen LogP contribution in [0.15, 0.2) is 48.7 Å². The smallest absolute Gasteiger partial charge is 0.413 e. The van der Waals surface area contributed by atoms with Gasteiger partial charge in [-0.05, 0) is 62.2 Å². The van der Waals surface area contributed by atoms with Crippen molar-refractivity contribution < 1.29 is 19.0 Å². The second-order valence-electron chi connectivity index (χ2n) is 9.77. The Balaban J connectivity index is 1.36. The van der Waals surface area contributed by atoms with Crippen molar-refractivity contribution in [1.82, 2.24) is 19.8 Å². The number of benzene rings is 2. The van der Waals surface area contributed by atoms with Gasteiger partial charge in [0.1, 0.15) is 12.4 Å². The second kappa shape index (κ2) is 13.1. The average Bonchev–Trinajstić information content (AvgIpc) is 2.90. The lowest BCUT2D eigenvalue weighted by Gasteiger charge is -2.36. The van der Waals surface area contributed by atoms with Crippen LogP contribution in [0.1, 0.15) is 25.0 Å². The van der Waals surface area contributed by atoms with Crippen molar-refractivity contribution in [2.75, 3.05) is 49.5 Å². The summed E-state index contributed by atoms with van der Waals surface area (Å²) in [5.41, 5.74) is 2.08. The molecule has 39 heavy (non-hydrogen) atoms. The number of hydrogen-bond donors (Lipinski definition) is 2. The standard InChI is InChI=1S/C28H34ClFN6O3/c1-19(2)35-12-10-34(11-13-35)14-15-39-25-7-6-23(17-24(25)30)32-27-31-9-8-26(33-27)36(28(37)38)18-21-16-22(29)5-4-20(21)3/h4-9,16-17,19H,10-15,18H2,1-3H3,(H,37,38)(H,31,32,33). The van der Waals surface area contributed by atoms with Crippen LogP contribution in [0.4, 0.5) is 26.6 Å². The number of aromatic nitrogens is 2. The van der Waals surface area contributed by atoms with E-state index in [1.165, 1.54) is 18.3 Å². The Bertz CT molecular complexity index is 1290. The van der Waals surface area contributed by atoms with Crippen LogP contribution in [0, 0.1) is 12.7 Å². The number of halogens is 2. The van der Waals surface area contributed by atoms with Crippen LogP contribution in [0.2, 0.25) is 5.02 Å². The minimum Gasteiger partial charge on any atom is -0.489 e. The van der Waals surface area contributed by atoms with Crippen molar-refractivity contribution in [3.05, 3.63) is 70.6 Å². The minimum atomic E-state index is -1.17. The van der Waals surface area contributed by atoms with Gasteiger partial charge in [0.2, 0.25) is 5.95 Å². The van der Waals surface area contributed by atoms with Crippen molar-refractivity contribution in [1.29, 1.82) is 0 Å². The van der Waals surface area contributed by atoms with Gasteiger partial charge in [-0.15, -0.1) is 0 Å². The Morgan fingerprint density at radius 3 is 2.64 bits per heavy atom. The molecule has 1 aromatic heterocycles. The zero-order valence-electron chi connectivity index (χ0n) is 22.4. The lowest BCUT2D eigenvalue weighted by molar-refractivity contribution is 0.0965. The lowest BCUT2D eigenvalue weighted by Crippen LogP contribution is -2.49. The number of ether oxygens (including phenoxy) is 1. The first kappa shape index (κ1) is 28.5. The van der Waals surface area contributed by atoms with Crippen molar-refractivity contribution in [3.63, 3.8) is 0 Å². The van der Waals surface area contributed by atoms with Crippen LogP contribution in [0.5, 0.6) is 5.75 Å². The molecule has 1 fully saturated rings. The van der Waals surface area contributed by atoms with E-state index in [0.29, 0.717) is 23.4 Å². The molecule has 1 aliphatic rings. The molecule has 0 bridgehead atoms. The predicted octanol–water partition coefficient (Wildman–Crippen LogP) is 5.41. The SMILES string of the molecule is Cc1ccc(Cl)cc1CN(C(=O)O)c1ccnc(Nc2ccc(OCCN3CCN(C(C)C)CC3)c(F)c2)n1. The third kappa shape index (κ3) is 7.78. The number of anilines is 3. The second-order valence-corrected chi connectivity index (χ2v) is 10.2. The Labute approximate surface area is 233 Å². The molecular formula is C28H34ClFN6O3. The van der Waals surface area contributed by atoms with Gasteiger partial charge in [0, 0.05) is 61.7 Å². The van der Waals surface area contributed by atoms with Crippen LogP contribution in [-0.4, -0.2) is 76.3 Å². The number of nitrogens with zero attached hydrogens (tertiary/aromatic N) is 5. The van der Waals surface area contributed by atoms with Crippen LogP contribution in [-0.2, 0) is 6.54 Å². The molecular weight excluding hydrogens is 523 g/mol. The first-order valence-electron chi connectivity index (χ1n) is 12.9. The summed E-state index contributed by atoms with van der Waals surface area (Å²) >= 11 is 6.10. The van der Waals surface area contributed by atoms with Crippen LogP contribution >= 0.6 is 11.6 Å². The maximum atomic E-state index is 14.8. The fourth-order valence-electron chi connectivity index (χ4n) is 4.40. The first-order chi connectivity index (χ1) is 18.7. The summed E-state index contributed by atoms with van der Waals surface area (Å²) < 4.78 is 20.5. The van der Waals surface area contributed by atoms with Crippen molar-refractivity contribution in [2.45, 2.75) is 33.4 Å². The fraction of sp³-hybridized carbons (Fsp3) is 0.393. The molecule has 1 saturated heterocycles. The topological polar surface area (TPSA) is 94.1 Å². The summed E-state index contributed by atoms with van der Waals surface area (Å²) in [6, 6.07) is 11.9. The van der Waals surface area contributed by atoms with E-state index >= 15 is 0 Å². The zero-order chi connectivity index (χ0) is 27.9. The summed E-state index contributed by atoms with van der Waals surface area (Å²) in [6.07, 6.45) is 0.272. The number of nitrogens with one attached hydrogen (secondary N) is 1. The van der Waals surface area contributed by atoms with Crippen LogP contribution in [0.3, 0.4) is 0 Å². The number of carboxylic acid groups (broad SMARTS) is 1. The molecule has 1 aliphatic heterocycles. The summed E-state index contributed by atoms with van der Waals surface area (Å²) in [6.45, 7) is 11.5. The van der Waals surface area contributed by atoms with E-state index in [1.54, 1.807) is 24.3 Å². The Hall–Kier alpha value is -3.47. The fourth-order valence-corrected chi connectivity index (χ4v) is 4.59. The van der Waals surface area contributed by atoms with Crippen molar-refractivity contribution in [2.24, 2.45) is 0 Å². The quantitative estimate of drug-likeness (QED) is 0.342. The summed E-state index contributed by atoms with van der Waals surface area (Å²) in [5.74, 6) is -0.0291. The highest BCUT2D eigenvalue weighted by Crippen LogP contribution is 2.25. The number of piperazine rings is 1.